The molecule has 1 saturated heterocycles. The smallest absolute Gasteiger partial charge is 0.270 e. The Morgan fingerprint density at radius 3 is 2.56 bits per heavy atom. The standard InChI is InChI=1S/C29H33N3O3S/c1-7-12-31-25-13-18(3)20(14-23(25)19(4)17-29(31,5)6)15-24-26(33)30-28(36)32(27(24)34)21-10-9-11-22(16-21)35-8-2/h9-11,13-17H,7-8,12H2,1-6H3,(H,30,33,36)/b24-15-. The quantitative estimate of drug-likeness (QED) is 0.314. The number of thiocarbonyl (C=S) groups is 1. The van der Waals surface area contributed by atoms with Gasteiger partial charge in [-0.3, -0.25) is 19.8 Å². The van der Waals surface area contributed by atoms with Gasteiger partial charge in [-0.15, -0.1) is 0 Å². The normalized spacial score (nSPS) is 18.2. The first kappa shape index (κ1) is 25.6. The molecule has 2 aliphatic rings. The maximum Gasteiger partial charge on any atom is 0.270 e. The van der Waals surface area contributed by atoms with E-state index in [2.05, 4.69) is 56.1 Å². The molecular weight excluding hydrogens is 470 g/mol. The van der Waals surface area contributed by atoms with Crippen molar-refractivity contribution in [1.82, 2.24) is 5.32 Å². The molecule has 0 aromatic heterocycles. The van der Waals surface area contributed by atoms with E-state index in [4.69, 9.17) is 17.0 Å². The van der Waals surface area contributed by atoms with Crippen molar-refractivity contribution in [2.24, 2.45) is 0 Å². The van der Waals surface area contributed by atoms with Crippen LogP contribution in [0.2, 0.25) is 0 Å². The minimum absolute atomic E-state index is 0.0386. The predicted octanol–water partition coefficient (Wildman–Crippen LogP) is 5.64. The average Bonchev–Trinajstić information content (AvgIpc) is 2.80. The summed E-state index contributed by atoms with van der Waals surface area (Å²) in [5.74, 6) is -0.337. The zero-order chi connectivity index (χ0) is 26.2. The maximum atomic E-state index is 13.6. The van der Waals surface area contributed by atoms with E-state index in [0.29, 0.717) is 18.0 Å². The summed E-state index contributed by atoms with van der Waals surface area (Å²) in [7, 11) is 0. The fraction of sp³-hybridized carbons (Fsp3) is 0.345. The van der Waals surface area contributed by atoms with E-state index in [9.17, 15) is 9.59 Å². The summed E-state index contributed by atoms with van der Waals surface area (Å²) in [6, 6.07) is 11.4. The highest BCUT2D eigenvalue weighted by atomic mass is 32.1. The van der Waals surface area contributed by atoms with Crippen LogP contribution in [0.25, 0.3) is 11.6 Å². The Bertz CT molecular complexity index is 1310. The molecule has 4 rings (SSSR count). The van der Waals surface area contributed by atoms with Gasteiger partial charge >= 0.3 is 0 Å². The molecule has 1 fully saturated rings. The summed E-state index contributed by atoms with van der Waals surface area (Å²) < 4.78 is 5.58. The number of carbonyl (C=O) groups is 2. The molecule has 6 nitrogen and oxygen atoms in total. The second-order valence-corrected chi connectivity index (χ2v) is 10.1. The van der Waals surface area contributed by atoms with Gasteiger partial charge in [0.05, 0.1) is 17.8 Å². The van der Waals surface area contributed by atoms with E-state index in [1.54, 1.807) is 24.3 Å². The molecule has 36 heavy (non-hydrogen) atoms. The number of hydrogen-bond donors (Lipinski definition) is 1. The SMILES string of the molecule is CCCN1c2cc(C)c(/C=C3/C(=O)NC(=S)N(c4cccc(OCC)c4)C3=O)cc2C(C)=CC1(C)C. The molecule has 7 heteroatoms. The van der Waals surface area contributed by atoms with Crippen molar-refractivity contribution in [1.29, 1.82) is 0 Å². The van der Waals surface area contributed by atoms with Gasteiger partial charge in [-0.1, -0.05) is 19.1 Å². The first-order chi connectivity index (χ1) is 17.1. The Morgan fingerprint density at radius 2 is 1.86 bits per heavy atom. The molecule has 2 heterocycles. The van der Waals surface area contributed by atoms with Crippen LogP contribution in [0.3, 0.4) is 0 Å². The highest BCUT2D eigenvalue weighted by Crippen LogP contribution is 2.41. The van der Waals surface area contributed by atoms with Crippen LogP contribution in [0.4, 0.5) is 11.4 Å². The lowest BCUT2D eigenvalue weighted by Crippen LogP contribution is -2.54. The number of aryl methyl sites for hydroxylation is 1. The third-order valence-corrected chi connectivity index (χ3v) is 6.89. The Balaban J connectivity index is 1.77. The number of amides is 2. The zero-order valence-corrected chi connectivity index (χ0v) is 22.6. The molecule has 0 radical (unpaired) electrons. The number of ether oxygens (including phenoxy) is 1. The molecule has 0 spiro atoms. The summed E-state index contributed by atoms with van der Waals surface area (Å²) in [5, 5.41) is 2.72. The van der Waals surface area contributed by atoms with Gasteiger partial charge in [-0.25, -0.2) is 0 Å². The van der Waals surface area contributed by atoms with Gasteiger partial charge in [0, 0.05) is 23.9 Å². The van der Waals surface area contributed by atoms with Gasteiger partial charge in [-0.2, -0.15) is 0 Å². The minimum atomic E-state index is -0.500. The number of nitrogens with zero attached hydrogens (tertiary/aromatic N) is 2. The monoisotopic (exact) mass is 503 g/mol. The second kappa shape index (κ2) is 9.90. The average molecular weight is 504 g/mol. The lowest BCUT2D eigenvalue weighted by Gasteiger charge is -2.43. The van der Waals surface area contributed by atoms with Crippen molar-refractivity contribution in [3.05, 3.63) is 64.7 Å². The van der Waals surface area contributed by atoms with Crippen LogP contribution in [0.1, 0.15) is 57.7 Å². The topological polar surface area (TPSA) is 61.9 Å². The van der Waals surface area contributed by atoms with Crippen molar-refractivity contribution in [2.45, 2.75) is 53.5 Å². The molecule has 1 N–H and O–H groups in total. The van der Waals surface area contributed by atoms with Crippen molar-refractivity contribution >= 4 is 52.2 Å². The van der Waals surface area contributed by atoms with Crippen molar-refractivity contribution in [3.8, 4) is 5.75 Å². The molecule has 0 saturated carbocycles. The first-order valence-electron chi connectivity index (χ1n) is 12.3. The van der Waals surface area contributed by atoms with Gasteiger partial charge in [0.15, 0.2) is 5.11 Å². The van der Waals surface area contributed by atoms with Crippen molar-refractivity contribution in [3.63, 3.8) is 0 Å². The molecule has 188 valence electrons. The van der Waals surface area contributed by atoms with Crippen LogP contribution in [0.5, 0.6) is 5.75 Å². The zero-order valence-electron chi connectivity index (χ0n) is 21.8. The van der Waals surface area contributed by atoms with E-state index in [0.717, 1.165) is 29.7 Å². The van der Waals surface area contributed by atoms with Crippen LogP contribution < -0.4 is 19.9 Å². The highest BCUT2D eigenvalue weighted by molar-refractivity contribution is 7.80. The molecule has 2 amide bonds. The number of anilines is 2. The van der Waals surface area contributed by atoms with E-state index >= 15 is 0 Å². The second-order valence-electron chi connectivity index (χ2n) is 9.75. The third kappa shape index (κ3) is 4.67. The Labute approximate surface area is 218 Å². The molecule has 0 atom stereocenters. The van der Waals surface area contributed by atoms with Crippen LogP contribution in [-0.2, 0) is 9.59 Å². The maximum absolute atomic E-state index is 13.6. The molecule has 2 aliphatic heterocycles. The molecule has 2 aromatic carbocycles. The number of fused-ring (bicyclic) bond motifs is 1. The van der Waals surface area contributed by atoms with Crippen LogP contribution in [-0.4, -0.2) is 35.6 Å². The largest absolute Gasteiger partial charge is 0.494 e. The van der Waals surface area contributed by atoms with Gasteiger partial charge in [0.25, 0.3) is 11.8 Å². The summed E-state index contributed by atoms with van der Waals surface area (Å²) in [5.41, 5.74) is 5.77. The van der Waals surface area contributed by atoms with Gasteiger partial charge < -0.3 is 9.64 Å². The highest BCUT2D eigenvalue weighted by Gasteiger charge is 2.35. The first-order valence-corrected chi connectivity index (χ1v) is 12.7. The van der Waals surface area contributed by atoms with E-state index in [1.807, 2.05) is 19.9 Å². The number of allylic oxidation sites excluding steroid dienone is 1. The lowest BCUT2D eigenvalue weighted by atomic mass is 9.86. The predicted molar refractivity (Wildman–Crippen MR) is 150 cm³/mol. The van der Waals surface area contributed by atoms with Crippen molar-refractivity contribution < 1.29 is 14.3 Å². The molecule has 0 bridgehead atoms. The minimum Gasteiger partial charge on any atom is -0.494 e. The molecular formula is C29H33N3O3S. The fourth-order valence-electron chi connectivity index (χ4n) is 4.96. The third-order valence-electron chi connectivity index (χ3n) is 6.60. The number of carbonyl (C=O) groups excluding carboxylic acids is 2. The summed E-state index contributed by atoms with van der Waals surface area (Å²) in [6.45, 7) is 14.1. The Hall–Kier alpha value is -3.45. The van der Waals surface area contributed by atoms with Crippen LogP contribution >= 0.6 is 12.2 Å². The Kier molecular flexibility index (Phi) is 7.05. The van der Waals surface area contributed by atoms with Crippen LogP contribution in [0, 0.1) is 6.92 Å². The van der Waals surface area contributed by atoms with E-state index in [1.165, 1.54) is 16.2 Å². The lowest BCUT2D eigenvalue weighted by molar-refractivity contribution is -0.122. The van der Waals surface area contributed by atoms with Gasteiger partial charge in [0.2, 0.25) is 0 Å². The summed E-state index contributed by atoms with van der Waals surface area (Å²) >= 11 is 5.36. The summed E-state index contributed by atoms with van der Waals surface area (Å²) in [6.07, 6.45) is 4.99. The number of hydrogen-bond acceptors (Lipinski definition) is 5. The van der Waals surface area contributed by atoms with E-state index < -0.39 is 11.8 Å². The van der Waals surface area contributed by atoms with Crippen molar-refractivity contribution in [2.75, 3.05) is 23.0 Å². The molecule has 2 aromatic rings. The van der Waals surface area contributed by atoms with Gasteiger partial charge in [0.1, 0.15) is 11.3 Å². The summed E-state index contributed by atoms with van der Waals surface area (Å²) in [4.78, 5) is 30.2. The van der Waals surface area contributed by atoms with E-state index in [-0.39, 0.29) is 16.2 Å². The fourth-order valence-corrected chi connectivity index (χ4v) is 5.24. The van der Waals surface area contributed by atoms with Gasteiger partial charge in [-0.05, 0) is 100 Å². The molecule has 0 aliphatic carbocycles. The number of benzene rings is 2. The number of rotatable bonds is 6. The number of nitrogens with one attached hydrogen (secondary N) is 1. The van der Waals surface area contributed by atoms with Crippen LogP contribution in [0.15, 0.2) is 48.0 Å². The molecule has 0 unspecified atom stereocenters. The Morgan fingerprint density at radius 1 is 1.11 bits per heavy atom.